The summed E-state index contributed by atoms with van der Waals surface area (Å²) in [5.41, 5.74) is 3.54. The van der Waals surface area contributed by atoms with Gasteiger partial charge in [0.1, 0.15) is 0 Å². The first kappa shape index (κ1) is 11.9. The maximum Gasteiger partial charge on any atom is 0.220 e. The van der Waals surface area contributed by atoms with Gasteiger partial charge >= 0.3 is 0 Å². The quantitative estimate of drug-likeness (QED) is 0.663. The van der Waals surface area contributed by atoms with Gasteiger partial charge in [-0.1, -0.05) is 17.7 Å². The van der Waals surface area contributed by atoms with Crippen LogP contribution in [-0.4, -0.2) is 13.0 Å². The SMILES string of the molecule is C=C(C)/C(C)=C(/C)CCC(=O)NC. The number of allylic oxidation sites excluding steroid dienone is 3. The first-order chi connectivity index (χ1) is 5.99. The monoisotopic (exact) mass is 181 g/mol. The van der Waals surface area contributed by atoms with Gasteiger partial charge in [0.05, 0.1) is 0 Å². The van der Waals surface area contributed by atoms with E-state index in [-0.39, 0.29) is 5.91 Å². The average molecular weight is 181 g/mol. The molecule has 0 fully saturated rings. The summed E-state index contributed by atoms with van der Waals surface area (Å²) in [4.78, 5) is 11.0. The Labute approximate surface area is 80.7 Å². The van der Waals surface area contributed by atoms with Crippen LogP contribution in [0.4, 0.5) is 0 Å². The Morgan fingerprint density at radius 2 is 1.77 bits per heavy atom. The minimum atomic E-state index is 0.0915. The second-order valence-corrected chi connectivity index (χ2v) is 3.36. The van der Waals surface area contributed by atoms with Crippen LogP contribution in [0.2, 0.25) is 0 Å². The van der Waals surface area contributed by atoms with Crippen molar-refractivity contribution in [1.82, 2.24) is 5.32 Å². The standard InChI is InChI=1S/C11H19NO/c1-8(2)10(4)9(3)6-7-11(13)12-5/h1,6-7H2,2-5H3,(H,12,13)/b10-9-. The summed E-state index contributed by atoms with van der Waals surface area (Å²) < 4.78 is 0. The van der Waals surface area contributed by atoms with E-state index in [1.807, 2.05) is 20.8 Å². The lowest BCUT2D eigenvalue weighted by atomic mass is 10.0. The number of hydrogen-bond donors (Lipinski definition) is 1. The Morgan fingerprint density at radius 3 is 2.15 bits per heavy atom. The zero-order valence-corrected chi connectivity index (χ0v) is 9.03. The van der Waals surface area contributed by atoms with E-state index in [9.17, 15) is 4.79 Å². The van der Waals surface area contributed by atoms with E-state index in [4.69, 9.17) is 0 Å². The van der Waals surface area contributed by atoms with Gasteiger partial charge in [-0.3, -0.25) is 4.79 Å². The predicted molar refractivity (Wildman–Crippen MR) is 56.5 cm³/mol. The molecule has 0 heterocycles. The van der Waals surface area contributed by atoms with E-state index in [1.54, 1.807) is 7.05 Å². The highest BCUT2D eigenvalue weighted by Gasteiger charge is 2.01. The van der Waals surface area contributed by atoms with Crippen molar-refractivity contribution >= 4 is 5.91 Å². The van der Waals surface area contributed by atoms with Crippen molar-refractivity contribution in [2.45, 2.75) is 33.6 Å². The van der Waals surface area contributed by atoms with Crippen molar-refractivity contribution in [2.75, 3.05) is 7.05 Å². The van der Waals surface area contributed by atoms with Crippen LogP contribution in [0.1, 0.15) is 33.6 Å². The van der Waals surface area contributed by atoms with Crippen LogP contribution >= 0.6 is 0 Å². The summed E-state index contributed by atoms with van der Waals surface area (Å²) in [6.07, 6.45) is 1.38. The Kier molecular flexibility index (Phi) is 5.12. The highest BCUT2D eigenvalue weighted by Crippen LogP contribution is 2.15. The van der Waals surface area contributed by atoms with Crippen molar-refractivity contribution in [3.8, 4) is 0 Å². The third-order valence-electron chi connectivity index (χ3n) is 2.29. The van der Waals surface area contributed by atoms with E-state index >= 15 is 0 Å². The summed E-state index contributed by atoms with van der Waals surface area (Å²) >= 11 is 0. The van der Waals surface area contributed by atoms with E-state index in [1.165, 1.54) is 11.1 Å². The molecule has 0 aromatic carbocycles. The number of carbonyl (C=O) groups excluding carboxylic acids is 1. The lowest BCUT2D eigenvalue weighted by Gasteiger charge is -2.06. The molecular formula is C11H19NO. The van der Waals surface area contributed by atoms with Crippen molar-refractivity contribution < 1.29 is 4.79 Å². The van der Waals surface area contributed by atoms with Crippen molar-refractivity contribution in [3.05, 3.63) is 23.3 Å². The number of rotatable bonds is 4. The molecule has 0 aromatic heterocycles. The molecule has 0 spiro atoms. The third-order valence-corrected chi connectivity index (χ3v) is 2.29. The van der Waals surface area contributed by atoms with Crippen LogP contribution < -0.4 is 5.32 Å². The van der Waals surface area contributed by atoms with Gasteiger partial charge in [-0.05, 0) is 32.8 Å². The second kappa shape index (κ2) is 5.57. The normalized spacial score (nSPS) is 12.0. The molecule has 0 aliphatic heterocycles. The third kappa shape index (κ3) is 4.51. The summed E-state index contributed by atoms with van der Waals surface area (Å²) in [7, 11) is 1.66. The van der Waals surface area contributed by atoms with Crippen molar-refractivity contribution in [3.63, 3.8) is 0 Å². The maximum atomic E-state index is 11.0. The summed E-state index contributed by atoms with van der Waals surface area (Å²) in [6.45, 7) is 9.94. The highest BCUT2D eigenvalue weighted by atomic mass is 16.1. The van der Waals surface area contributed by atoms with Crippen LogP contribution in [0.3, 0.4) is 0 Å². The molecule has 0 aliphatic rings. The number of amides is 1. The summed E-state index contributed by atoms with van der Waals surface area (Å²) in [5, 5.41) is 2.60. The molecule has 1 N–H and O–H groups in total. The maximum absolute atomic E-state index is 11.0. The fourth-order valence-electron chi connectivity index (χ4n) is 0.978. The van der Waals surface area contributed by atoms with E-state index in [0.29, 0.717) is 6.42 Å². The van der Waals surface area contributed by atoms with Crippen LogP contribution in [0.25, 0.3) is 0 Å². The van der Waals surface area contributed by atoms with Crippen molar-refractivity contribution in [1.29, 1.82) is 0 Å². The van der Waals surface area contributed by atoms with Crippen LogP contribution in [0.15, 0.2) is 23.3 Å². The van der Waals surface area contributed by atoms with E-state index in [2.05, 4.69) is 11.9 Å². The molecule has 0 bridgehead atoms. The highest BCUT2D eigenvalue weighted by molar-refractivity contribution is 5.75. The summed E-state index contributed by atoms with van der Waals surface area (Å²) in [5.74, 6) is 0.0915. The molecule has 0 saturated carbocycles. The average Bonchev–Trinajstić information content (AvgIpc) is 2.11. The molecule has 13 heavy (non-hydrogen) atoms. The molecule has 1 amide bonds. The van der Waals surface area contributed by atoms with Crippen molar-refractivity contribution in [2.24, 2.45) is 0 Å². The molecule has 0 aliphatic carbocycles. The fourth-order valence-corrected chi connectivity index (χ4v) is 0.978. The number of hydrogen-bond acceptors (Lipinski definition) is 1. The van der Waals surface area contributed by atoms with Crippen LogP contribution in [0.5, 0.6) is 0 Å². The Morgan fingerprint density at radius 1 is 1.23 bits per heavy atom. The van der Waals surface area contributed by atoms with Gasteiger partial charge in [-0.25, -0.2) is 0 Å². The molecule has 0 radical (unpaired) electrons. The summed E-state index contributed by atoms with van der Waals surface area (Å²) in [6, 6.07) is 0. The molecule has 2 heteroatoms. The molecule has 0 atom stereocenters. The van der Waals surface area contributed by atoms with Gasteiger partial charge in [0.25, 0.3) is 0 Å². The first-order valence-corrected chi connectivity index (χ1v) is 4.51. The minimum absolute atomic E-state index is 0.0915. The van der Waals surface area contributed by atoms with E-state index in [0.717, 1.165) is 12.0 Å². The van der Waals surface area contributed by atoms with Gasteiger partial charge in [-0.2, -0.15) is 0 Å². The lowest BCUT2D eigenvalue weighted by Crippen LogP contribution is -2.17. The van der Waals surface area contributed by atoms with Gasteiger partial charge in [-0.15, -0.1) is 0 Å². The smallest absolute Gasteiger partial charge is 0.220 e. The van der Waals surface area contributed by atoms with Gasteiger partial charge in [0, 0.05) is 13.5 Å². The zero-order valence-electron chi connectivity index (χ0n) is 9.03. The molecular weight excluding hydrogens is 162 g/mol. The molecule has 2 nitrogen and oxygen atoms in total. The molecule has 0 aromatic rings. The first-order valence-electron chi connectivity index (χ1n) is 4.51. The second-order valence-electron chi connectivity index (χ2n) is 3.36. The Bertz CT molecular complexity index is 238. The fraction of sp³-hybridized carbons (Fsp3) is 0.545. The van der Waals surface area contributed by atoms with E-state index < -0.39 is 0 Å². The molecule has 0 unspecified atom stereocenters. The number of nitrogens with one attached hydrogen (secondary N) is 1. The van der Waals surface area contributed by atoms with Crippen LogP contribution in [0, 0.1) is 0 Å². The van der Waals surface area contributed by atoms with Crippen LogP contribution in [-0.2, 0) is 4.79 Å². The zero-order chi connectivity index (χ0) is 10.4. The lowest BCUT2D eigenvalue weighted by molar-refractivity contribution is -0.120. The molecule has 0 rings (SSSR count). The topological polar surface area (TPSA) is 29.1 Å². The van der Waals surface area contributed by atoms with Gasteiger partial charge in [0.15, 0.2) is 0 Å². The predicted octanol–water partition coefficient (Wildman–Crippen LogP) is 2.43. The Hall–Kier alpha value is -1.05. The minimum Gasteiger partial charge on any atom is -0.359 e. The largest absolute Gasteiger partial charge is 0.359 e. The Balaban J connectivity index is 4.14. The van der Waals surface area contributed by atoms with Gasteiger partial charge < -0.3 is 5.32 Å². The number of carbonyl (C=O) groups is 1. The van der Waals surface area contributed by atoms with Gasteiger partial charge in [0.2, 0.25) is 5.91 Å². The molecule has 74 valence electrons. The molecule has 0 saturated heterocycles.